The van der Waals surface area contributed by atoms with E-state index in [1.165, 1.54) is 18.1 Å². The van der Waals surface area contributed by atoms with Crippen molar-refractivity contribution in [1.29, 1.82) is 0 Å². The summed E-state index contributed by atoms with van der Waals surface area (Å²) in [6.07, 6.45) is 0. The second-order valence-corrected chi connectivity index (χ2v) is 7.56. The van der Waals surface area contributed by atoms with Crippen molar-refractivity contribution < 1.29 is 24.2 Å². The van der Waals surface area contributed by atoms with E-state index in [0.29, 0.717) is 27.8 Å². The molecule has 1 aliphatic rings. The lowest BCUT2D eigenvalue weighted by Crippen LogP contribution is -2.29. The number of halogens is 1. The van der Waals surface area contributed by atoms with Crippen LogP contribution >= 0.6 is 11.6 Å². The quantitative estimate of drug-likeness (QED) is 0.337. The minimum Gasteiger partial charge on any atom is -0.507 e. The van der Waals surface area contributed by atoms with Crippen molar-refractivity contribution in [2.45, 2.75) is 6.04 Å². The molecule has 1 atom stereocenters. The van der Waals surface area contributed by atoms with E-state index in [2.05, 4.69) is 0 Å². The van der Waals surface area contributed by atoms with Gasteiger partial charge in [0.1, 0.15) is 17.3 Å². The topological polar surface area (TPSA) is 76.1 Å². The number of hydrogen-bond donors (Lipinski definition) is 1. The first-order valence-corrected chi connectivity index (χ1v) is 10.2. The first-order chi connectivity index (χ1) is 15.5. The predicted molar refractivity (Wildman–Crippen MR) is 122 cm³/mol. The molecule has 6 nitrogen and oxygen atoms in total. The molecule has 1 N–H and O–H groups in total. The van der Waals surface area contributed by atoms with Crippen LogP contribution in [0, 0.1) is 0 Å². The van der Waals surface area contributed by atoms with Gasteiger partial charge in [-0.3, -0.25) is 14.5 Å². The van der Waals surface area contributed by atoms with E-state index >= 15 is 0 Å². The number of aliphatic hydroxyl groups is 1. The number of carbonyl (C=O) groups is 2. The van der Waals surface area contributed by atoms with Gasteiger partial charge in [0.25, 0.3) is 11.7 Å². The molecule has 1 amide bonds. The second-order valence-electron chi connectivity index (χ2n) is 7.12. The smallest absolute Gasteiger partial charge is 0.300 e. The highest BCUT2D eigenvalue weighted by atomic mass is 35.5. The normalized spacial score (nSPS) is 17.5. The van der Waals surface area contributed by atoms with Crippen molar-refractivity contribution in [3.05, 3.63) is 94.5 Å². The molecule has 7 heteroatoms. The van der Waals surface area contributed by atoms with Crippen molar-refractivity contribution in [3.63, 3.8) is 0 Å². The third-order valence-corrected chi connectivity index (χ3v) is 5.56. The van der Waals surface area contributed by atoms with Crippen LogP contribution < -0.4 is 14.4 Å². The maximum atomic E-state index is 13.2. The van der Waals surface area contributed by atoms with E-state index in [1.54, 1.807) is 55.6 Å². The monoisotopic (exact) mass is 449 g/mol. The Morgan fingerprint density at radius 2 is 1.62 bits per heavy atom. The summed E-state index contributed by atoms with van der Waals surface area (Å²) in [5, 5.41) is 11.6. The molecular formula is C25H20ClNO5. The summed E-state index contributed by atoms with van der Waals surface area (Å²) in [5.74, 6) is -0.951. The number of anilines is 1. The molecule has 0 spiro atoms. The Bertz CT molecular complexity index is 1200. The average Bonchev–Trinajstić information content (AvgIpc) is 3.09. The van der Waals surface area contributed by atoms with E-state index in [4.69, 9.17) is 21.1 Å². The Morgan fingerprint density at radius 1 is 0.938 bits per heavy atom. The number of amides is 1. The standard InChI is InChI=1S/C25H20ClNO5/c1-31-18-11-9-17(10-12-18)27-22(15-6-4-3-5-7-15)21(24(29)25(27)30)23(28)19-14-16(26)8-13-20(19)32-2/h3-14,22,28H,1-2H3/b23-21+. The average molecular weight is 450 g/mol. The molecule has 0 aliphatic carbocycles. The van der Waals surface area contributed by atoms with Gasteiger partial charge in [-0.15, -0.1) is 0 Å². The lowest BCUT2D eigenvalue weighted by atomic mass is 9.95. The van der Waals surface area contributed by atoms with Crippen LogP contribution in [0.25, 0.3) is 5.76 Å². The molecule has 162 valence electrons. The molecule has 1 unspecified atom stereocenters. The Labute approximate surface area is 190 Å². The van der Waals surface area contributed by atoms with Crippen LogP contribution in [-0.4, -0.2) is 31.0 Å². The van der Waals surface area contributed by atoms with Gasteiger partial charge >= 0.3 is 0 Å². The van der Waals surface area contributed by atoms with E-state index in [-0.39, 0.29) is 16.9 Å². The van der Waals surface area contributed by atoms with E-state index in [9.17, 15) is 14.7 Å². The summed E-state index contributed by atoms with van der Waals surface area (Å²) in [6, 6.07) is 19.7. The largest absolute Gasteiger partial charge is 0.507 e. The van der Waals surface area contributed by atoms with Crippen molar-refractivity contribution in [1.82, 2.24) is 0 Å². The third-order valence-electron chi connectivity index (χ3n) is 5.33. The number of Topliss-reactive ketones (excluding diaryl/α,β-unsaturated/α-hetero) is 1. The molecule has 3 aromatic rings. The van der Waals surface area contributed by atoms with Gasteiger partial charge in [0.2, 0.25) is 0 Å². The minimum absolute atomic E-state index is 0.0439. The molecule has 0 radical (unpaired) electrons. The zero-order chi connectivity index (χ0) is 22.8. The summed E-state index contributed by atoms with van der Waals surface area (Å²) in [4.78, 5) is 27.7. The van der Waals surface area contributed by atoms with Crippen LogP contribution in [0.4, 0.5) is 5.69 Å². The summed E-state index contributed by atoms with van der Waals surface area (Å²) in [6.45, 7) is 0. The molecular weight excluding hydrogens is 430 g/mol. The molecule has 4 rings (SSSR count). The predicted octanol–water partition coefficient (Wildman–Crippen LogP) is 4.98. The molecule has 1 saturated heterocycles. The number of aliphatic hydroxyl groups excluding tert-OH is 1. The molecule has 0 aromatic heterocycles. The molecule has 0 bridgehead atoms. The van der Waals surface area contributed by atoms with Gasteiger partial charge in [-0.05, 0) is 48.0 Å². The molecule has 1 heterocycles. The maximum absolute atomic E-state index is 13.2. The molecule has 1 fully saturated rings. The van der Waals surface area contributed by atoms with Gasteiger partial charge in [-0.2, -0.15) is 0 Å². The van der Waals surface area contributed by atoms with Crippen LogP contribution in [0.5, 0.6) is 11.5 Å². The first-order valence-electron chi connectivity index (χ1n) is 9.80. The van der Waals surface area contributed by atoms with Crippen LogP contribution in [-0.2, 0) is 9.59 Å². The van der Waals surface area contributed by atoms with Crippen molar-refractivity contribution in [2.75, 3.05) is 19.1 Å². The maximum Gasteiger partial charge on any atom is 0.300 e. The SMILES string of the molecule is COc1ccc(N2C(=O)C(=O)/C(=C(/O)c3cc(Cl)ccc3OC)C2c2ccccc2)cc1. The van der Waals surface area contributed by atoms with Gasteiger partial charge in [-0.25, -0.2) is 0 Å². The Morgan fingerprint density at radius 3 is 2.25 bits per heavy atom. The molecule has 32 heavy (non-hydrogen) atoms. The summed E-state index contributed by atoms with van der Waals surface area (Å²) in [7, 11) is 2.99. The fourth-order valence-electron chi connectivity index (χ4n) is 3.80. The highest BCUT2D eigenvalue weighted by molar-refractivity contribution is 6.51. The number of ketones is 1. The minimum atomic E-state index is -0.840. The fourth-order valence-corrected chi connectivity index (χ4v) is 3.97. The number of hydrogen-bond acceptors (Lipinski definition) is 5. The number of methoxy groups -OCH3 is 2. The highest BCUT2D eigenvalue weighted by Gasteiger charge is 2.47. The summed E-state index contributed by atoms with van der Waals surface area (Å²) in [5.41, 5.74) is 1.36. The van der Waals surface area contributed by atoms with Crippen molar-refractivity contribution in [3.8, 4) is 11.5 Å². The number of nitrogens with zero attached hydrogens (tertiary/aromatic N) is 1. The number of ether oxygens (including phenoxy) is 2. The van der Waals surface area contributed by atoms with Crippen molar-refractivity contribution >= 4 is 34.7 Å². The van der Waals surface area contributed by atoms with Crippen LogP contribution in [0.3, 0.4) is 0 Å². The van der Waals surface area contributed by atoms with Crippen LogP contribution in [0.15, 0.2) is 78.4 Å². The van der Waals surface area contributed by atoms with Gasteiger partial charge in [0.15, 0.2) is 0 Å². The summed E-state index contributed by atoms with van der Waals surface area (Å²) < 4.78 is 10.5. The van der Waals surface area contributed by atoms with Gasteiger partial charge in [-0.1, -0.05) is 41.9 Å². The third kappa shape index (κ3) is 3.69. The molecule has 0 saturated carbocycles. The Hall–Kier alpha value is -3.77. The van der Waals surface area contributed by atoms with E-state index < -0.39 is 17.7 Å². The van der Waals surface area contributed by atoms with Gasteiger partial charge in [0.05, 0.1) is 31.4 Å². The molecule has 3 aromatic carbocycles. The second kappa shape index (κ2) is 8.77. The number of benzene rings is 3. The number of rotatable bonds is 5. The van der Waals surface area contributed by atoms with Crippen LogP contribution in [0.2, 0.25) is 5.02 Å². The summed E-state index contributed by atoms with van der Waals surface area (Å²) >= 11 is 6.13. The van der Waals surface area contributed by atoms with Gasteiger partial charge < -0.3 is 14.6 Å². The Kier molecular flexibility index (Phi) is 5.88. The Balaban J connectivity index is 1.95. The zero-order valence-corrected chi connectivity index (χ0v) is 18.2. The van der Waals surface area contributed by atoms with Gasteiger partial charge in [0, 0.05) is 10.7 Å². The molecule has 1 aliphatic heterocycles. The first kappa shape index (κ1) is 21.5. The lowest BCUT2D eigenvalue weighted by molar-refractivity contribution is -0.132. The van der Waals surface area contributed by atoms with E-state index in [1.807, 2.05) is 18.2 Å². The lowest BCUT2D eigenvalue weighted by Gasteiger charge is -2.25. The van der Waals surface area contributed by atoms with E-state index in [0.717, 1.165) is 0 Å². The number of carbonyl (C=O) groups excluding carboxylic acids is 2. The zero-order valence-electron chi connectivity index (χ0n) is 17.4. The fraction of sp³-hybridized carbons (Fsp3) is 0.120. The van der Waals surface area contributed by atoms with Crippen LogP contribution in [0.1, 0.15) is 17.2 Å². The highest BCUT2D eigenvalue weighted by Crippen LogP contribution is 2.43. The van der Waals surface area contributed by atoms with Crippen molar-refractivity contribution in [2.24, 2.45) is 0 Å².